The van der Waals surface area contributed by atoms with Crippen molar-refractivity contribution in [2.24, 2.45) is 22.5 Å². The van der Waals surface area contributed by atoms with E-state index in [-0.39, 0.29) is 24.5 Å². The van der Waals surface area contributed by atoms with Crippen molar-refractivity contribution in [3.8, 4) is 0 Å². The molecular formula is C15H23NO6S. The van der Waals surface area contributed by atoms with Gasteiger partial charge in [-0.15, -0.1) is 0 Å². The molecule has 2 saturated carbocycles. The number of ketones is 1. The highest BCUT2D eigenvalue weighted by Gasteiger charge is 2.65. The predicted molar refractivity (Wildman–Crippen MR) is 81.7 cm³/mol. The van der Waals surface area contributed by atoms with Crippen molar-refractivity contribution in [2.45, 2.75) is 52.0 Å². The second kappa shape index (κ2) is 5.98. The Kier molecular flexibility index (Phi) is 4.69. The maximum absolute atomic E-state index is 12.3. The third-order valence-electron chi connectivity index (χ3n) is 5.64. The highest BCUT2D eigenvalue weighted by Crippen LogP contribution is 2.64. The van der Waals surface area contributed by atoms with Gasteiger partial charge < -0.3 is 14.7 Å². The fraction of sp³-hybridized carbons (Fsp3) is 0.800. The van der Waals surface area contributed by atoms with Gasteiger partial charge in [-0.25, -0.2) is 0 Å². The fourth-order valence-electron chi connectivity index (χ4n) is 3.98. The maximum atomic E-state index is 12.3. The Morgan fingerprint density at radius 1 is 1.48 bits per heavy atom. The number of Topliss-reactive ketones (excluding diaryl/α,β-unsaturated/α-hetero) is 1. The number of carbonyl (C=O) groups excluding carboxylic acids is 3. The zero-order valence-electron chi connectivity index (χ0n) is 13.4. The molecule has 0 heterocycles. The smallest absolute Gasteiger partial charge is 0.322 e. The lowest BCUT2D eigenvalue weighted by Crippen LogP contribution is -2.43. The predicted octanol–water partition coefficient (Wildman–Crippen LogP) is 0.561. The minimum absolute atomic E-state index is 0.0233. The number of nitrogens with two attached hydrogens (primary N) is 1. The average Bonchev–Trinajstić information content (AvgIpc) is 2.77. The molecule has 2 N–H and O–H groups in total. The molecule has 0 spiro atoms. The standard InChI is InChI=1S/C15H23NO6S/c1-14(2)10-5-6-15(14,12(18)7-10)9-23(20,21)22-13(19)4-3-11(16)8-17/h8,10-11H,3-7,9,16H2,1-2H3/t10?,11-,15?/m0/s1. The molecule has 23 heavy (non-hydrogen) atoms. The van der Waals surface area contributed by atoms with Crippen molar-refractivity contribution in [1.82, 2.24) is 0 Å². The molecule has 2 bridgehead atoms. The Morgan fingerprint density at radius 2 is 2.13 bits per heavy atom. The van der Waals surface area contributed by atoms with Crippen molar-refractivity contribution in [3.63, 3.8) is 0 Å². The van der Waals surface area contributed by atoms with Gasteiger partial charge in [0.25, 0.3) is 0 Å². The molecule has 0 aromatic rings. The first-order valence-electron chi connectivity index (χ1n) is 7.73. The first-order chi connectivity index (χ1) is 10.5. The van der Waals surface area contributed by atoms with Crippen LogP contribution in [0.3, 0.4) is 0 Å². The van der Waals surface area contributed by atoms with Gasteiger partial charge in [-0.2, -0.15) is 8.42 Å². The number of rotatable bonds is 7. The molecule has 2 fully saturated rings. The molecule has 7 nitrogen and oxygen atoms in total. The first kappa shape index (κ1) is 18.1. The number of aldehydes is 1. The maximum Gasteiger partial charge on any atom is 0.322 e. The van der Waals surface area contributed by atoms with Gasteiger partial charge in [0.2, 0.25) is 0 Å². The molecule has 0 radical (unpaired) electrons. The summed E-state index contributed by atoms with van der Waals surface area (Å²) in [6, 6.07) is -0.824. The summed E-state index contributed by atoms with van der Waals surface area (Å²) < 4.78 is 29.1. The van der Waals surface area contributed by atoms with Crippen molar-refractivity contribution in [3.05, 3.63) is 0 Å². The zero-order chi connectivity index (χ0) is 17.5. The molecule has 0 amide bonds. The molecular weight excluding hydrogens is 322 g/mol. The van der Waals surface area contributed by atoms with Gasteiger partial charge in [0, 0.05) is 12.8 Å². The average molecular weight is 345 g/mol. The third-order valence-corrected chi connectivity index (χ3v) is 6.93. The van der Waals surface area contributed by atoms with Gasteiger partial charge in [-0.05, 0) is 30.6 Å². The van der Waals surface area contributed by atoms with E-state index in [1.165, 1.54) is 0 Å². The molecule has 0 aromatic heterocycles. The molecule has 2 rings (SSSR count). The highest BCUT2D eigenvalue weighted by molar-refractivity contribution is 7.87. The summed E-state index contributed by atoms with van der Waals surface area (Å²) in [6.07, 6.45) is 1.97. The molecule has 130 valence electrons. The summed E-state index contributed by atoms with van der Waals surface area (Å²) in [5.41, 5.74) is 3.97. The van der Waals surface area contributed by atoms with Crippen molar-refractivity contribution >= 4 is 28.2 Å². The minimum atomic E-state index is -4.17. The van der Waals surface area contributed by atoms with E-state index in [4.69, 9.17) is 5.73 Å². The van der Waals surface area contributed by atoms with E-state index in [0.717, 1.165) is 6.42 Å². The van der Waals surface area contributed by atoms with E-state index in [2.05, 4.69) is 4.18 Å². The second-order valence-corrected chi connectivity index (χ2v) is 8.73. The Labute approximate surface area is 136 Å². The SMILES string of the molecule is CC1(C)C2CCC1(CS(=O)(=O)OC(=O)CC[C@H](N)C=O)C(=O)C2. The van der Waals surface area contributed by atoms with Crippen LogP contribution in [-0.4, -0.2) is 38.3 Å². The van der Waals surface area contributed by atoms with Crippen LogP contribution in [0.25, 0.3) is 0 Å². The Morgan fingerprint density at radius 3 is 2.61 bits per heavy atom. The molecule has 0 aromatic carbocycles. The highest BCUT2D eigenvalue weighted by atomic mass is 32.2. The van der Waals surface area contributed by atoms with Gasteiger partial charge in [-0.3, -0.25) is 9.59 Å². The van der Waals surface area contributed by atoms with Crippen LogP contribution in [-0.2, 0) is 28.7 Å². The second-order valence-electron chi connectivity index (χ2n) is 7.16. The van der Waals surface area contributed by atoms with Gasteiger partial charge in [-0.1, -0.05) is 13.8 Å². The van der Waals surface area contributed by atoms with Crippen molar-refractivity contribution in [1.29, 1.82) is 0 Å². The van der Waals surface area contributed by atoms with Gasteiger partial charge >= 0.3 is 16.1 Å². The number of hydrogen-bond acceptors (Lipinski definition) is 7. The van der Waals surface area contributed by atoms with Crippen LogP contribution in [0.4, 0.5) is 0 Å². The van der Waals surface area contributed by atoms with E-state index in [0.29, 0.717) is 19.1 Å². The van der Waals surface area contributed by atoms with E-state index >= 15 is 0 Å². The molecule has 3 atom stereocenters. The van der Waals surface area contributed by atoms with E-state index in [9.17, 15) is 22.8 Å². The Balaban J connectivity index is 2.05. The summed E-state index contributed by atoms with van der Waals surface area (Å²) in [5.74, 6) is -1.28. The van der Waals surface area contributed by atoms with Gasteiger partial charge in [0.05, 0.1) is 17.2 Å². The quantitative estimate of drug-likeness (QED) is 0.528. The topological polar surface area (TPSA) is 121 Å². The summed E-state index contributed by atoms with van der Waals surface area (Å²) in [4.78, 5) is 34.4. The molecule has 8 heteroatoms. The van der Waals surface area contributed by atoms with Crippen LogP contribution in [0.2, 0.25) is 0 Å². The summed E-state index contributed by atoms with van der Waals surface area (Å²) >= 11 is 0. The molecule has 0 aliphatic heterocycles. The lowest BCUT2D eigenvalue weighted by atomic mass is 9.70. The summed E-state index contributed by atoms with van der Waals surface area (Å²) in [5, 5.41) is 0. The lowest BCUT2D eigenvalue weighted by molar-refractivity contribution is -0.134. The van der Waals surface area contributed by atoms with Crippen LogP contribution in [0.5, 0.6) is 0 Å². The van der Waals surface area contributed by atoms with Crippen LogP contribution in [0.15, 0.2) is 0 Å². The van der Waals surface area contributed by atoms with E-state index in [1.807, 2.05) is 13.8 Å². The zero-order valence-corrected chi connectivity index (χ0v) is 14.2. The molecule has 2 aliphatic rings. The minimum Gasteiger partial charge on any atom is -0.346 e. The van der Waals surface area contributed by atoms with Crippen molar-refractivity contribution < 1.29 is 27.0 Å². The summed E-state index contributed by atoms with van der Waals surface area (Å²) in [7, 11) is -4.17. The molecule has 0 saturated heterocycles. The third kappa shape index (κ3) is 3.19. The first-order valence-corrected chi connectivity index (χ1v) is 9.31. The fourth-order valence-corrected chi connectivity index (χ4v) is 5.68. The molecule has 2 unspecified atom stereocenters. The van der Waals surface area contributed by atoms with Crippen LogP contribution >= 0.6 is 0 Å². The normalized spacial score (nSPS) is 30.2. The van der Waals surface area contributed by atoms with Crippen LogP contribution in [0, 0.1) is 16.7 Å². The molecule has 2 aliphatic carbocycles. The van der Waals surface area contributed by atoms with Crippen molar-refractivity contribution in [2.75, 3.05) is 5.75 Å². The number of fused-ring (bicyclic) bond motifs is 2. The Hall–Kier alpha value is -1.28. The lowest BCUT2D eigenvalue weighted by Gasteiger charge is -2.35. The summed E-state index contributed by atoms with van der Waals surface area (Å²) in [6.45, 7) is 3.83. The van der Waals surface area contributed by atoms with Crippen LogP contribution < -0.4 is 5.73 Å². The Bertz CT molecular complexity index is 626. The van der Waals surface area contributed by atoms with Gasteiger partial charge in [0.1, 0.15) is 12.1 Å². The number of hydrogen-bond donors (Lipinski definition) is 1. The monoisotopic (exact) mass is 345 g/mol. The number of carbonyl (C=O) groups is 3. The van der Waals surface area contributed by atoms with E-state index < -0.39 is 38.7 Å². The van der Waals surface area contributed by atoms with E-state index in [1.54, 1.807) is 0 Å². The largest absolute Gasteiger partial charge is 0.346 e. The van der Waals surface area contributed by atoms with Gasteiger partial charge in [0.15, 0.2) is 0 Å². The van der Waals surface area contributed by atoms with Crippen LogP contribution in [0.1, 0.15) is 46.0 Å².